The molecule has 5 heteroatoms. The van der Waals surface area contributed by atoms with Crippen LogP contribution in [0.1, 0.15) is 11.3 Å². The summed E-state index contributed by atoms with van der Waals surface area (Å²) in [6.07, 6.45) is 3.17. The monoisotopic (exact) mass is 251 g/mol. The normalized spacial score (nSPS) is 10.8. The second-order valence-corrected chi connectivity index (χ2v) is 3.74. The van der Waals surface area contributed by atoms with E-state index in [9.17, 15) is 10.1 Å². The van der Waals surface area contributed by atoms with Crippen LogP contribution in [0.2, 0.25) is 0 Å². The largest absolute Gasteiger partial charge is 0.270 e. The van der Waals surface area contributed by atoms with Crippen molar-refractivity contribution in [3.05, 3.63) is 70.0 Å². The molecule has 0 spiro atoms. The molecule has 0 N–H and O–H groups in total. The van der Waals surface area contributed by atoms with Crippen molar-refractivity contribution in [1.29, 1.82) is 5.26 Å². The Morgan fingerprint density at radius 2 is 2.16 bits per heavy atom. The van der Waals surface area contributed by atoms with Crippen LogP contribution in [0.3, 0.4) is 0 Å². The number of allylic oxidation sites excluding steroid dienone is 1. The first-order chi connectivity index (χ1) is 9.20. The van der Waals surface area contributed by atoms with E-state index >= 15 is 0 Å². The van der Waals surface area contributed by atoms with E-state index in [0.717, 1.165) is 0 Å². The topological polar surface area (TPSA) is 79.8 Å². The Balaban J connectivity index is 2.42. The van der Waals surface area contributed by atoms with E-state index in [1.807, 2.05) is 6.07 Å². The van der Waals surface area contributed by atoms with Crippen LogP contribution < -0.4 is 0 Å². The maximum atomic E-state index is 10.7. The molecule has 0 aliphatic rings. The molecule has 0 aliphatic heterocycles. The number of benzene rings is 1. The number of nitro groups is 1. The van der Waals surface area contributed by atoms with Gasteiger partial charge in [0.25, 0.3) is 5.69 Å². The molecule has 1 heterocycles. The minimum Gasteiger partial charge on any atom is -0.258 e. The lowest BCUT2D eigenvalue weighted by Gasteiger charge is -1.98. The van der Waals surface area contributed by atoms with Crippen LogP contribution in [0.4, 0.5) is 5.69 Å². The third-order valence-corrected chi connectivity index (χ3v) is 2.45. The molecule has 0 atom stereocenters. The van der Waals surface area contributed by atoms with Crippen LogP contribution >= 0.6 is 0 Å². The standard InChI is InChI=1S/C14H9N3O2/c15-10-12(14-6-1-2-7-16-14)8-11-4-3-5-13(9-11)17(18)19/h1-9H. The van der Waals surface area contributed by atoms with Crippen molar-refractivity contribution < 1.29 is 4.92 Å². The van der Waals surface area contributed by atoms with Gasteiger partial charge in [-0.2, -0.15) is 5.26 Å². The molecule has 0 aliphatic carbocycles. The van der Waals surface area contributed by atoms with Crippen LogP contribution in [0.15, 0.2) is 48.7 Å². The lowest BCUT2D eigenvalue weighted by molar-refractivity contribution is -0.384. The third kappa shape index (κ3) is 3.01. The summed E-state index contributed by atoms with van der Waals surface area (Å²) in [4.78, 5) is 14.3. The van der Waals surface area contributed by atoms with Gasteiger partial charge in [-0.1, -0.05) is 18.2 Å². The highest BCUT2D eigenvalue weighted by molar-refractivity contribution is 5.88. The minimum atomic E-state index is -0.468. The first kappa shape index (κ1) is 12.5. The zero-order valence-electron chi connectivity index (χ0n) is 9.85. The Morgan fingerprint density at radius 3 is 2.79 bits per heavy atom. The van der Waals surface area contributed by atoms with Gasteiger partial charge in [0, 0.05) is 18.3 Å². The summed E-state index contributed by atoms with van der Waals surface area (Å²) in [5.74, 6) is 0. The minimum absolute atomic E-state index is 0.00735. The Kier molecular flexibility index (Phi) is 3.64. The number of hydrogen-bond acceptors (Lipinski definition) is 4. The molecule has 0 amide bonds. The molecule has 2 aromatic rings. The lowest BCUT2D eigenvalue weighted by Crippen LogP contribution is -1.89. The number of nitro benzene ring substituents is 1. The number of pyridine rings is 1. The molecule has 0 fully saturated rings. The number of rotatable bonds is 3. The molecule has 1 aromatic carbocycles. The Bertz CT molecular complexity index is 673. The molecular formula is C14H9N3O2. The predicted molar refractivity (Wildman–Crippen MR) is 70.8 cm³/mol. The van der Waals surface area contributed by atoms with Gasteiger partial charge in [0.05, 0.1) is 16.2 Å². The average molecular weight is 251 g/mol. The van der Waals surface area contributed by atoms with Gasteiger partial charge in [-0.05, 0) is 23.8 Å². The number of nitrogens with zero attached hydrogens (tertiary/aromatic N) is 3. The number of aromatic nitrogens is 1. The first-order valence-corrected chi connectivity index (χ1v) is 5.48. The highest BCUT2D eigenvalue weighted by Gasteiger charge is 2.06. The molecule has 0 saturated heterocycles. The maximum absolute atomic E-state index is 10.7. The van der Waals surface area contributed by atoms with Crippen molar-refractivity contribution >= 4 is 17.3 Å². The summed E-state index contributed by atoms with van der Waals surface area (Å²) in [5, 5.41) is 19.8. The van der Waals surface area contributed by atoms with Crippen molar-refractivity contribution in [2.24, 2.45) is 0 Å². The van der Waals surface area contributed by atoms with Crippen molar-refractivity contribution in [2.75, 3.05) is 0 Å². The van der Waals surface area contributed by atoms with Gasteiger partial charge in [-0.3, -0.25) is 15.1 Å². The molecule has 19 heavy (non-hydrogen) atoms. The van der Waals surface area contributed by atoms with E-state index in [-0.39, 0.29) is 5.69 Å². The maximum Gasteiger partial charge on any atom is 0.270 e. The van der Waals surface area contributed by atoms with E-state index in [4.69, 9.17) is 5.26 Å². The molecule has 92 valence electrons. The van der Waals surface area contributed by atoms with Crippen molar-refractivity contribution in [2.45, 2.75) is 0 Å². The summed E-state index contributed by atoms with van der Waals surface area (Å²) >= 11 is 0. The highest BCUT2D eigenvalue weighted by Crippen LogP contribution is 2.19. The fourth-order valence-corrected chi connectivity index (χ4v) is 1.58. The zero-order chi connectivity index (χ0) is 13.7. The van der Waals surface area contributed by atoms with Crippen LogP contribution in [-0.2, 0) is 0 Å². The third-order valence-electron chi connectivity index (χ3n) is 2.45. The van der Waals surface area contributed by atoms with Crippen LogP contribution in [0.25, 0.3) is 11.6 Å². The Morgan fingerprint density at radius 1 is 1.32 bits per heavy atom. The summed E-state index contributed by atoms with van der Waals surface area (Å²) in [6.45, 7) is 0. The Hall–Kier alpha value is -3.00. The molecule has 2 rings (SSSR count). The van der Waals surface area contributed by atoms with E-state index in [1.54, 1.807) is 42.6 Å². The fourth-order valence-electron chi connectivity index (χ4n) is 1.58. The van der Waals surface area contributed by atoms with Crippen LogP contribution in [0, 0.1) is 21.4 Å². The summed E-state index contributed by atoms with van der Waals surface area (Å²) in [5.41, 5.74) is 1.49. The summed E-state index contributed by atoms with van der Waals surface area (Å²) in [6, 6.07) is 13.4. The summed E-state index contributed by atoms with van der Waals surface area (Å²) in [7, 11) is 0. The quantitative estimate of drug-likeness (QED) is 0.477. The van der Waals surface area contributed by atoms with Crippen LogP contribution in [-0.4, -0.2) is 9.91 Å². The van der Waals surface area contributed by atoms with Gasteiger partial charge in [0.1, 0.15) is 6.07 Å². The van der Waals surface area contributed by atoms with Gasteiger partial charge in [0.15, 0.2) is 0 Å². The molecule has 0 radical (unpaired) electrons. The second kappa shape index (κ2) is 5.56. The smallest absolute Gasteiger partial charge is 0.258 e. The molecule has 5 nitrogen and oxygen atoms in total. The van der Waals surface area contributed by atoms with E-state index in [1.165, 1.54) is 12.1 Å². The summed E-state index contributed by atoms with van der Waals surface area (Å²) < 4.78 is 0. The second-order valence-electron chi connectivity index (χ2n) is 3.74. The fraction of sp³-hybridized carbons (Fsp3) is 0. The first-order valence-electron chi connectivity index (χ1n) is 5.48. The van der Waals surface area contributed by atoms with Gasteiger partial charge >= 0.3 is 0 Å². The molecular weight excluding hydrogens is 242 g/mol. The number of non-ortho nitro benzene ring substituents is 1. The zero-order valence-corrected chi connectivity index (χ0v) is 9.85. The van der Waals surface area contributed by atoms with Gasteiger partial charge in [-0.25, -0.2) is 0 Å². The van der Waals surface area contributed by atoms with E-state index in [0.29, 0.717) is 16.8 Å². The van der Waals surface area contributed by atoms with E-state index in [2.05, 4.69) is 4.98 Å². The molecule has 0 saturated carbocycles. The van der Waals surface area contributed by atoms with Crippen molar-refractivity contribution in [3.8, 4) is 6.07 Å². The highest BCUT2D eigenvalue weighted by atomic mass is 16.6. The van der Waals surface area contributed by atoms with Crippen molar-refractivity contribution in [1.82, 2.24) is 4.98 Å². The number of hydrogen-bond donors (Lipinski definition) is 0. The van der Waals surface area contributed by atoms with E-state index < -0.39 is 4.92 Å². The van der Waals surface area contributed by atoms with Gasteiger partial charge in [-0.15, -0.1) is 0 Å². The SMILES string of the molecule is N#CC(=Cc1cccc([N+](=O)[O-])c1)c1ccccn1. The molecule has 1 aromatic heterocycles. The van der Waals surface area contributed by atoms with Gasteiger partial charge < -0.3 is 0 Å². The molecule has 0 bridgehead atoms. The van der Waals surface area contributed by atoms with Crippen molar-refractivity contribution in [3.63, 3.8) is 0 Å². The molecule has 0 unspecified atom stereocenters. The predicted octanol–water partition coefficient (Wildman–Crippen LogP) is 3.05. The van der Waals surface area contributed by atoms with Crippen LogP contribution in [0.5, 0.6) is 0 Å². The lowest BCUT2D eigenvalue weighted by atomic mass is 10.1. The number of nitriles is 1. The average Bonchev–Trinajstić information content (AvgIpc) is 2.46. The van der Waals surface area contributed by atoms with Gasteiger partial charge in [0.2, 0.25) is 0 Å². The Labute approximate surface area is 109 Å².